The Morgan fingerprint density at radius 3 is 2.76 bits per heavy atom. The molecule has 132 valence electrons. The number of rotatable bonds is 5. The number of halogens is 1. The first-order valence-corrected chi connectivity index (χ1v) is 10.5. The Hall–Kier alpha value is -1.46. The molecule has 1 aliphatic heterocycles. The lowest BCUT2D eigenvalue weighted by molar-refractivity contribution is -0.116. The molecule has 1 fully saturated rings. The van der Waals surface area contributed by atoms with Gasteiger partial charge in [0.15, 0.2) is 0 Å². The Kier molecular flexibility index (Phi) is 5.04. The molecule has 6 heteroatoms. The highest BCUT2D eigenvalue weighted by molar-refractivity contribution is 7.98. The molecule has 1 aromatic carbocycles. The van der Waals surface area contributed by atoms with Crippen LogP contribution in [0.3, 0.4) is 0 Å². The summed E-state index contributed by atoms with van der Waals surface area (Å²) in [6, 6.07) is 7.58. The van der Waals surface area contributed by atoms with Gasteiger partial charge in [-0.1, -0.05) is 37.3 Å². The maximum absolute atomic E-state index is 12.5. The van der Waals surface area contributed by atoms with E-state index in [1.54, 1.807) is 0 Å². The summed E-state index contributed by atoms with van der Waals surface area (Å²) >= 11 is 7.84. The zero-order valence-corrected chi connectivity index (χ0v) is 15.7. The van der Waals surface area contributed by atoms with Gasteiger partial charge in [0, 0.05) is 28.5 Å². The lowest BCUT2D eigenvalue weighted by Crippen LogP contribution is -2.16. The summed E-state index contributed by atoms with van der Waals surface area (Å²) in [6.45, 7) is 0. The summed E-state index contributed by atoms with van der Waals surface area (Å²) in [5.41, 5.74) is 3.16. The molecular formula is C19H22ClN3OS. The van der Waals surface area contributed by atoms with E-state index in [1.165, 1.54) is 25.7 Å². The lowest BCUT2D eigenvalue weighted by Gasteiger charge is -2.12. The van der Waals surface area contributed by atoms with E-state index in [2.05, 4.69) is 5.32 Å². The second-order valence-electron chi connectivity index (χ2n) is 6.89. The Labute approximate surface area is 157 Å². The van der Waals surface area contributed by atoms with Gasteiger partial charge in [0.2, 0.25) is 5.91 Å². The van der Waals surface area contributed by atoms with Crippen molar-refractivity contribution in [3.63, 3.8) is 0 Å². The summed E-state index contributed by atoms with van der Waals surface area (Å²) in [4.78, 5) is 12.5. The largest absolute Gasteiger partial charge is 0.310 e. The van der Waals surface area contributed by atoms with E-state index < -0.39 is 0 Å². The van der Waals surface area contributed by atoms with E-state index in [0.717, 1.165) is 46.6 Å². The molecule has 1 amide bonds. The second-order valence-corrected chi connectivity index (χ2v) is 8.31. The number of aromatic nitrogens is 2. The first kappa shape index (κ1) is 17.0. The molecule has 25 heavy (non-hydrogen) atoms. The molecule has 1 N–H and O–H groups in total. The molecular weight excluding hydrogens is 354 g/mol. The fraction of sp³-hybridized carbons (Fsp3) is 0.474. The summed E-state index contributed by atoms with van der Waals surface area (Å²) in [5.74, 6) is 3.47. The molecule has 0 saturated heterocycles. The van der Waals surface area contributed by atoms with Gasteiger partial charge in [-0.25, -0.2) is 4.68 Å². The van der Waals surface area contributed by atoms with Crippen molar-refractivity contribution in [1.82, 2.24) is 9.78 Å². The molecule has 4 rings (SSSR count). The van der Waals surface area contributed by atoms with Gasteiger partial charge in [-0.2, -0.15) is 16.9 Å². The van der Waals surface area contributed by atoms with Crippen LogP contribution in [-0.2, 0) is 16.3 Å². The van der Waals surface area contributed by atoms with Crippen LogP contribution < -0.4 is 5.32 Å². The predicted octanol–water partition coefficient (Wildman–Crippen LogP) is 5.18. The van der Waals surface area contributed by atoms with E-state index in [4.69, 9.17) is 16.7 Å². The monoisotopic (exact) mass is 375 g/mol. The number of benzene rings is 1. The first-order chi connectivity index (χ1) is 12.2. The van der Waals surface area contributed by atoms with Gasteiger partial charge in [-0.15, -0.1) is 0 Å². The van der Waals surface area contributed by atoms with E-state index in [1.807, 2.05) is 40.7 Å². The van der Waals surface area contributed by atoms with Crippen LogP contribution in [0.1, 0.15) is 49.8 Å². The minimum Gasteiger partial charge on any atom is -0.310 e. The zero-order valence-electron chi connectivity index (χ0n) is 14.1. The van der Waals surface area contributed by atoms with Gasteiger partial charge >= 0.3 is 0 Å². The molecule has 1 aromatic heterocycles. The number of hydrogen-bond donors (Lipinski definition) is 1. The maximum atomic E-state index is 12.5. The smallest absolute Gasteiger partial charge is 0.225 e. The quantitative estimate of drug-likeness (QED) is 0.783. The fourth-order valence-electron chi connectivity index (χ4n) is 3.74. The summed E-state index contributed by atoms with van der Waals surface area (Å²) in [7, 11) is 0. The molecule has 1 saturated carbocycles. The van der Waals surface area contributed by atoms with Crippen LogP contribution >= 0.6 is 23.4 Å². The maximum Gasteiger partial charge on any atom is 0.225 e. The van der Waals surface area contributed by atoms with Crippen LogP contribution in [0, 0.1) is 5.92 Å². The molecule has 4 nitrogen and oxygen atoms in total. The molecule has 0 radical (unpaired) electrons. The second kappa shape index (κ2) is 7.42. The standard InChI is InChI=1S/C19H22ClN3OS/c20-14-6-8-15(9-7-14)23-19(16-11-25-12-17(16)22-23)21-18(24)10-5-13-3-1-2-4-13/h6-9,13H,1-5,10-12H2,(H,21,24). The molecule has 0 bridgehead atoms. The number of hydrogen-bond acceptors (Lipinski definition) is 3. The van der Waals surface area contributed by atoms with Crippen molar-refractivity contribution < 1.29 is 4.79 Å². The SMILES string of the molecule is O=C(CCC1CCCC1)Nc1c2c(nn1-c1ccc(Cl)cc1)CSC2. The predicted molar refractivity (Wildman–Crippen MR) is 103 cm³/mol. The van der Waals surface area contributed by atoms with Gasteiger partial charge in [0.05, 0.1) is 11.4 Å². The number of thioether (sulfide) groups is 1. The van der Waals surface area contributed by atoms with Gasteiger partial charge in [0.1, 0.15) is 5.82 Å². The molecule has 1 aliphatic carbocycles. The van der Waals surface area contributed by atoms with Crippen molar-refractivity contribution in [3.05, 3.63) is 40.5 Å². The highest BCUT2D eigenvalue weighted by Crippen LogP contribution is 2.36. The van der Waals surface area contributed by atoms with Gasteiger partial charge in [0.25, 0.3) is 0 Å². The molecule has 0 spiro atoms. The van der Waals surface area contributed by atoms with Crippen LogP contribution in [0.15, 0.2) is 24.3 Å². The first-order valence-electron chi connectivity index (χ1n) is 8.95. The van der Waals surface area contributed by atoms with Gasteiger partial charge < -0.3 is 5.32 Å². The minimum atomic E-state index is 0.0988. The van der Waals surface area contributed by atoms with Crippen molar-refractivity contribution in [2.45, 2.75) is 50.0 Å². The molecule has 2 heterocycles. The number of carbonyl (C=O) groups is 1. The molecule has 0 atom stereocenters. The van der Waals surface area contributed by atoms with E-state index in [0.29, 0.717) is 11.4 Å². The van der Waals surface area contributed by atoms with Crippen LogP contribution in [0.5, 0.6) is 0 Å². The number of fused-ring (bicyclic) bond motifs is 1. The third-order valence-corrected chi connectivity index (χ3v) is 6.36. The highest BCUT2D eigenvalue weighted by atomic mass is 35.5. The van der Waals surface area contributed by atoms with Gasteiger partial charge in [-0.3, -0.25) is 4.79 Å². The zero-order chi connectivity index (χ0) is 17.2. The van der Waals surface area contributed by atoms with Crippen LogP contribution in [0.2, 0.25) is 5.02 Å². The number of carbonyl (C=O) groups excluding carboxylic acids is 1. The van der Waals surface area contributed by atoms with Crippen molar-refractivity contribution >= 4 is 35.1 Å². The van der Waals surface area contributed by atoms with Crippen molar-refractivity contribution in [1.29, 1.82) is 0 Å². The summed E-state index contributed by atoms with van der Waals surface area (Å²) in [6.07, 6.45) is 6.79. The van der Waals surface area contributed by atoms with Crippen LogP contribution in [-0.4, -0.2) is 15.7 Å². The van der Waals surface area contributed by atoms with E-state index >= 15 is 0 Å². The van der Waals surface area contributed by atoms with E-state index in [9.17, 15) is 4.79 Å². The number of anilines is 1. The minimum absolute atomic E-state index is 0.0988. The third kappa shape index (κ3) is 3.72. The Balaban J connectivity index is 1.53. The van der Waals surface area contributed by atoms with Gasteiger partial charge in [-0.05, 0) is 36.6 Å². The average Bonchev–Trinajstić information content (AvgIpc) is 3.32. The Morgan fingerprint density at radius 1 is 1.24 bits per heavy atom. The Bertz CT molecular complexity index is 766. The average molecular weight is 376 g/mol. The summed E-state index contributed by atoms with van der Waals surface area (Å²) < 4.78 is 1.86. The molecule has 0 unspecified atom stereocenters. The normalized spacial score (nSPS) is 17.0. The summed E-state index contributed by atoms with van der Waals surface area (Å²) in [5, 5.41) is 8.56. The van der Waals surface area contributed by atoms with Crippen LogP contribution in [0.25, 0.3) is 5.69 Å². The highest BCUT2D eigenvalue weighted by Gasteiger charge is 2.25. The topological polar surface area (TPSA) is 46.9 Å². The molecule has 2 aromatic rings. The van der Waals surface area contributed by atoms with Crippen molar-refractivity contribution in [2.24, 2.45) is 5.92 Å². The molecule has 2 aliphatic rings. The lowest BCUT2D eigenvalue weighted by atomic mass is 10.0. The van der Waals surface area contributed by atoms with E-state index in [-0.39, 0.29) is 5.91 Å². The third-order valence-electron chi connectivity index (χ3n) is 5.14. The number of nitrogens with one attached hydrogen (secondary N) is 1. The van der Waals surface area contributed by atoms with Crippen LogP contribution in [0.4, 0.5) is 5.82 Å². The Morgan fingerprint density at radius 2 is 2.00 bits per heavy atom. The fourth-order valence-corrected chi connectivity index (χ4v) is 4.90. The number of amides is 1. The van der Waals surface area contributed by atoms with Crippen molar-refractivity contribution in [2.75, 3.05) is 5.32 Å². The number of nitrogens with zero attached hydrogens (tertiary/aromatic N) is 2. The van der Waals surface area contributed by atoms with Crippen molar-refractivity contribution in [3.8, 4) is 5.69 Å².